The minimum atomic E-state index is -0.755. The van der Waals surface area contributed by atoms with E-state index in [0.29, 0.717) is 15.7 Å². The smallest absolute Gasteiger partial charge is 0.408 e. The van der Waals surface area contributed by atoms with E-state index in [0.717, 1.165) is 0 Å². The van der Waals surface area contributed by atoms with Gasteiger partial charge in [0.1, 0.15) is 27.9 Å². The van der Waals surface area contributed by atoms with Crippen molar-refractivity contribution in [3.8, 4) is 10.7 Å². The standard InChI is InChI=1S/C20H28N4O5S2/c1-19(2,3)28-15(21)11(24-18(26)29-20(4,5)6)8-14-22-12(9-30-14)16-23-13(10-31-16)17(25)27-7/h9-11,21H,8H2,1-7H3,(H,24,26)/t11-/m0/s1. The minimum absolute atomic E-state index is 0.0858. The Labute approximate surface area is 189 Å². The molecule has 9 nitrogen and oxygen atoms in total. The summed E-state index contributed by atoms with van der Waals surface area (Å²) in [5.74, 6) is -0.593. The van der Waals surface area contributed by atoms with Gasteiger partial charge in [0, 0.05) is 17.2 Å². The van der Waals surface area contributed by atoms with Crippen molar-refractivity contribution in [2.24, 2.45) is 0 Å². The lowest BCUT2D eigenvalue weighted by atomic mass is 10.1. The first-order valence-corrected chi connectivity index (χ1v) is 11.3. The second-order valence-electron chi connectivity index (χ2n) is 8.64. The molecule has 1 atom stereocenters. The highest BCUT2D eigenvalue weighted by Crippen LogP contribution is 2.26. The molecule has 2 N–H and O–H groups in total. The lowest BCUT2D eigenvalue weighted by molar-refractivity contribution is 0.0494. The van der Waals surface area contributed by atoms with E-state index in [9.17, 15) is 9.59 Å². The Kier molecular flexibility index (Phi) is 7.77. The van der Waals surface area contributed by atoms with E-state index < -0.39 is 29.3 Å². The summed E-state index contributed by atoms with van der Waals surface area (Å²) in [6, 6.07) is -0.755. The molecular weight excluding hydrogens is 440 g/mol. The largest absolute Gasteiger partial charge is 0.474 e. The van der Waals surface area contributed by atoms with E-state index in [1.807, 2.05) is 26.2 Å². The number of methoxy groups -OCH3 is 1. The molecule has 2 aromatic rings. The number of thiazole rings is 2. The van der Waals surface area contributed by atoms with E-state index in [4.69, 9.17) is 14.9 Å². The quantitative estimate of drug-likeness (QED) is 0.368. The number of carbonyl (C=O) groups excluding carboxylic acids is 2. The lowest BCUT2D eigenvalue weighted by Gasteiger charge is -2.27. The van der Waals surface area contributed by atoms with E-state index in [1.54, 1.807) is 26.2 Å². The average Bonchev–Trinajstić information content (AvgIpc) is 3.26. The van der Waals surface area contributed by atoms with Crippen LogP contribution in [0.2, 0.25) is 0 Å². The summed E-state index contributed by atoms with van der Waals surface area (Å²) in [4.78, 5) is 32.7. The summed E-state index contributed by atoms with van der Waals surface area (Å²) in [5, 5.41) is 15.7. The van der Waals surface area contributed by atoms with E-state index in [2.05, 4.69) is 20.0 Å². The fraction of sp³-hybridized carbons (Fsp3) is 0.550. The maximum atomic E-state index is 12.3. The zero-order chi connectivity index (χ0) is 23.4. The van der Waals surface area contributed by atoms with Gasteiger partial charge < -0.3 is 19.5 Å². The summed E-state index contributed by atoms with van der Waals surface area (Å²) >= 11 is 2.65. The molecule has 1 amide bonds. The van der Waals surface area contributed by atoms with Gasteiger partial charge in [-0.3, -0.25) is 5.41 Å². The lowest BCUT2D eigenvalue weighted by Crippen LogP contribution is -2.46. The minimum Gasteiger partial charge on any atom is -0.474 e. The first-order chi connectivity index (χ1) is 14.3. The maximum absolute atomic E-state index is 12.3. The topological polar surface area (TPSA) is 123 Å². The van der Waals surface area contributed by atoms with Crippen LogP contribution < -0.4 is 5.32 Å². The Bertz CT molecular complexity index is 940. The van der Waals surface area contributed by atoms with Gasteiger partial charge in [0.05, 0.1) is 12.1 Å². The fourth-order valence-electron chi connectivity index (χ4n) is 2.33. The van der Waals surface area contributed by atoms with Gasteiger partial charge in [-0.2, -0.15) is 0 Å². The van der Waals surface area contributed by atoms with Crippen molar-refractivity contribution in [2.45, 2.75) is 65.2 Å². The van der Waals surface area contributed by atoms with Gasteiger partial charge in [-0.05, 0) is 41.5 Å². The summed E-state index contributed by atoms with van der Waals surface area (Å²) < 4.78 is 15.7. The molecule has 0 spiro atoms. The molecule has 0 aliphatic heterocycles. The molecule has 0 aromatic carbocycles. The number of hydrogen-bond acceptors (Lipinski definition) is 10. The summed E-state index contributed by atoms with van der Waals surface area (Å²) in [7, 11) is 1.30. The third-order valence-electron chi connectivity index (χ3n) is 3.47. The Morgan fingerprint density at radius 1 is 1.06 bits per heavy atom. The third-order valence-corrected chi connectivity index (χ3v) is 5.21. The molecular formula is C20H28N4O5S2. The zero-order valence-corrected chi connectivity index (χ0v) is 20.3. The van der Waals surface area contributed by atoms with E-state index in [-0.39, 0.29) is 18.0 Å². The van der Waals surface area contributed by atoms with Crippen molar-refractivity contribution in [2.75, 3.05) is 7.11 Å². The van der Waals surface area contributed by atoms with Crippen LogP contribution in [0.15, 0.2) is 10.8 Å². The summed E-state index contributed by atoms with van der Waals surface area (Å²) in [5.41, 5.74) is -0.427. The van der Waals surface area contributed by atoms with E-state index in [1.165, 1.54) is 29.8 Å². The Morgan fingerprint density at radius 3 is 2.29 bits per heavy atom. The first-order valence-electron chi connectivity index (χ1n) is 9.53. The zero-order valence-electron chi connectivity index (χ0n) is 18.7. The average molecular weight is 469 g/mol. The molecule has 2 heterocycles. The Balaban J connectivity index is 2.18. The third kappa shape index (κ3) is 7.91. The van der Waals surface area contributed by atoms with Crippen molar-refractivity contribution in [1.29, 1.82) is 5.41 Å². The molecule has 0 saturated carbocycles. The van der Waals surface area contributed by atoms with Crippen LogP contribution in [-0.4, -0.2) is 52.3 Å². The van der Waals surface area contributed by atoms with Crippen LogP contribution in [0.5, 0.6) is 0 Å². The number of amides is 1. The number of aromatic nitrogens is 2. The fourth-order valence-corrected chi connectivity index (χ4v) is 3.98. The molecule has 0 saturated heterocycles. The second-order valence-corrected chi connectivity index (χ2v) is 10.4. The number of nitrogens with one attached hydrogen (secondary N) is 2. The SMILES string of the molecule is COC(=O)c1csc(-c2csc(C[C@H](NC(=O)OC(C)(C)C)C(=N)OC(C)(C)C)n2)n1. The second kappa shape index (κ2) is 9.73. The Morgan fingerprint density at radius 2 is 1.71 bits per heavy atom. The summed E-state index contributed by atoms with van der Waals surface area (Å²) in [6.07, 6.45) is -0.396. The number of nitrogens with zero attached hydrogens (tertiary/aromatic N) is 2. The van der Waals surface area contributed by atoms with Gasteiger partial charge in [-0.25, -0.2) is 19.6 Å². The number of ether oxygens (including phenoxy) is 3. The van der Waals surface area contributed by atoms with Crippen LogP contribution in [0, 0.1) is 5.41 Å². The number of rotatable bonds is 6. The van der Waals surface area contributed by atoms with Gasteiger partial charge in [-0.1, -0.05) is 0 Å². The number of hydrogen-bond donors (Lipinski definition) is 2. The normalized spacial score (nSPS) is 12.7. The molecule has 0 bridgehead atoms. The van der Waals surface area contributed by atoms with Crippen LogP contribution in [-0.2, 0) is 20.6 Å². The van der Waals surface area contributed by atoms with Gasteiger partial charge in [0.15, 0.2) is 5.69 Å². The summed E-state index contributed by atoms with van der Waals surface area (Å²) in [6.45, 7) is 10.8. The molecule has 2 aromatic heterocycles. The van der Waals surface area contributed by atoms with Gasteiger partial charge >= 0.3 is 12.1 Å². The van der Waals surface area contributed by atoms with Gasteiger partial charge in [0.25, 0.3) is 0 Å². The number of esters is 1. The van der Waals surface area contributed by atoms with Crippen LogP contribution in [0.1, 0.15) is 57.0 Å². The van der Waals surface area contributed by atoms with Gasteiger partial charge in [0.2, 0.25) is 5.90 Å². The van der Waals surface area contributed by atoms with Gasteiger partial charge in [-0.15, -0.1) is 22.7 Å². The van der Waals surface area contributed by atoms with Crippen molar-refractivity contribution in [3.05, 3.63) is 21.5 Å². The molecule has 0 unspecified atom stereocenters. The van der Waals surface area contributed by atoms with Crippen molar-refractivity contribution < 1.29 is 23.8 Å². The van der Waals surface area contributed by atoms with Crippen molar-refractivity contribution in [3.63, 3.8) is 0 Å². The van der Waals surface area contributed by atoms with Crippen LogP contribution >= 0.6 is 22.7 Å². The van der Waals surface area contributed by atoms with Crippen LogP contribution in [0.25, 0.3) is 10.7 Å². The van der Waals surface area contributed by atoms with Crippen LogP contribution in [0.4, 0.5) is 4.79 Å². The highest BCUT2D eigenvalue weighted by atomic mass is 32.1. The molecule has 31 heavy (non-hydrogen) atoms. The highest BCUT2D eigenvalue weighted by Gasteiger charge is 2.27. The van der Waals surface area contributed by atoms with Crippen molar-refractivity contribution >= 4 is 40.6 Å². The van der Waals surface area contributed by atoms with E-state index >= 15 is 0 Å². The molecule has 0 aliphatic rings. The predicted octanol–water partition coefficient (Wildman–Crippen LogP) is 4.28. The first kappa shape index (κ1) is 24.7. The molecule has 170 valence electrons. The number of carbonyl (C=O) groups is 2. The highest BCUT2D eigenvalue weighted by molar-refractivity contribution is 7.14. The Hall–Kier alpha value is -2.53. The molecule has 0 aliphatic carbocycles. The number of alkyl carbamates (subject to hydrolysis) is 1. The predicted molar refractivity (Wildman–Crippen MR) is 120 cm³/mol. The van der Waals surface area contributed by atoms with Crippen molar-refractivity contribution in [1.82, 2.24) is 15.3 Å². The monoisotopic (exact) mass is 468 g/mol. The molecule has 11 heteroatoms. The van der Waals surface area contributed by atoms with Crippen LogP contribution in [0.3, 0.4) is 0 Å². The molecule has 0 radical (unpaired) electrons. The maximum Gasteiger partial charge on any atom is 0.408 e. The molecule has 0 fully saturated rings. The molecule has 2 rings (SSSR count).